The average molecular weight is 290 g/mol. The Bertz CT molecular complexity index is 520. The molecule has 1 amide bonds. The number of nitrogens with zero attached hydrogens (tertiary/aromatic N) is 1. The fraction of sp³-hybridized carbons (Fsp3) is 0.562. The summed E-state index contributed by atoms with van der Waals surface area (Å²) < 4.78 is 0. The van der Waals surface area contributed by atoms with E-state index in [0.29, 0.717) is 19.1 Å². The summed E-state index contributed by atoms with van der Waals surface area (Å²) in [5, 5.41) is 22.6. The van der Waals surface area contributed by atoms with Crippen molar-refractivity contribution in [3.05, 3.63) is 23.8 Å². The smallest absolute Gasteiger partial charge is 0.257 e. The topological polar surface area (TPSA) is 72.8 Å². The van der Waals surface area contributed by atoms with E-state index >= 15 is 0 Å². The van der Waals surface area contributed by atoms with E-state index in [1.165, 1.54) is 31.0 Å². The van der Waals surface area contributed by atoms with Gasteiger partial charge in [-0.1, -0.05) is 0 Å². The Balaban J connectivity index is 1.54. The summed E-state index contributed by atoms with van der Waals surface area (Å²) in [4.78, 5) is 14.2. The first kappa shape index (κ1) is 14.2. The molecule has 1 heterocycles. The summed E-state index contributed by atoms with van der Waals surface area (Å²) in [6.07, 6.45) is 4.61. The normalized spacial score (nSPS) is 19.7. The number of phenols is 2. The van der Waals surface area contributed by atoms with E-state index in [2.05, 4.69) is 5.32 Å². The number of phenolic OH excluding ortho intramolecular Hbond substituents is 2. The van der Waals surface area contributed by atoms with Gasteiger partial charge >= 0.3 is 0 Å². The molecule has 21 heavy (non-hydrogen) atoms. The highest BCUT2D eigenvalue weighted by Crippen LogP contribution is 2.28. The number of hydrogen-bond donors (Lipinski definition) is 3. The maximum absolute atomic E-state index is 12.4. The fourth-order valence-electron chi connectivity index (χ4n) is 2.81. The predicted octanol–water partition coefficient (Wildman–Crippen LogP) is 1.70. The number of rotatable bonds is 4. The van der Waals surface area contributed by atoms with Gasteiger partial charge in [0.05, 0.1) is 5.56 Å². The van der Waals surface area contributed by atoms with E-state index in [4.69, 9.17) is 0 Å². The third kappa shape index (κ3) is 3.47. The first-order valence-corrected chi connectivity index (χ1v) is 7.68. The molecule has 0 spiro atoms. The van der Waals surface area contributed by atoms with Crippen molar-refractivity contribution < 1.29 is 15.0 Å². The van der Waals surface area contributed by atoms with E-state index in [1.54, 1.807) is 4.90 Å². The van der Waals surface area contributed by atoms with Gasteiger partial charge in [0.15, 0.2) is 0 Å². The Morgan fingerprint density at radius 2 is 1.90 bits per heavy atom. The second-order valence-corrected chi connectivity index (χ2v) is 6.12. The fourth-order valence-corrected chi connectivity index (χ4v) is 2.81. The Morgan fingerprint density at radius 1 is 1.19 bits per heavy atom. The molecule has 1 aliphatic heterocycles. The van der Waals surface area contributed by atoms with Crippen LogP contribution in [0.15, 0.2) is 18.2 Å². The molecule has 1 aromatic rings. The molecule has 5 heteroatoms. The van der Waals surface area contributed by atoms with Crippen molar-refractivity contribution in [3.8, 4) is 11.5 Å². The van der Waals surface area contributed by atoms with Crippen molar-refractivity contribution in [2.75, 3.05) is 19.6 Å². The predicted molar refractivity (Wildman–Crippen MR) is 79.4 cm³/mol. The lowest BCUT2D eigenvalue weighted by atomic mass is 10.0. The second-order valence-electron chi connectivity index (χ2n) is 6.12. The van der Waals surface area contributed by atoms with Gasteiger partial charge in [0.2, 0.25) is 0 Å². The maximum Gasteiger partial charge on any atom is 0.257 e. The standard InChI is InChI=1S/C16H22N2O3/c19-13-3-4-14(15(20)9-13)16(21)18-7-5-12(6-8-18)17-10-11-1-2-11/h3-4,9,11-12,17,19-20H,1-2,5-8,10H2. The Hall–Kier alpha value is -1.75. The number of piperidine rings is 1. The van der Waals surface area contributed by atoms with Gasteiger partial charge in [-0.15, -0.1) is 0 Å². The van der Waals surface area contributed by atoms with Gasteiger partial charge in [-0.2, -0.15) is 0 Å². The van der Waals surface area contributed by atoms with E-state index in [0.717, 1.165) is 25.3 Å². The molecule has 1 saturated carbocycles. The highest BCUT2D eigenvalue weighted by molar-refractivity contribution is 5.97. The molecule has 114 valence electrons. The number of nitrogens with one attached hydrogen (secondary N) is 1. The minimum Gasteiger partial charge on any atom is -0.508 e. The minimum atomic E-state index is -0.159. The van der Waals surface area contributed by atoms with Gasteiger partial charge in [0.25, 0.3) is 5.91 Å². The van der Waals surface area contributed by atoms with Gasteiger partial charge in [-0.25, -0.2) is 0 Å². The molecular formula is C16H22N2O3. The Labute approximate surface area is 124 Å². The van der Waals surface area contributed by atoms with E-state index < -0.39 is 0 Å². The van der Waals surface area contributed by atoms with Gasteiger partial charge in [0, 0.05) is 25.2 Å². The largest absolute Gasteiger partial charge is 0.508 e. The number of benzene rings is 1. The molecular weight excluding hydrogens is 268 g/mol. The van der Waals surface area contributed by atoms with Crippen LogP contribution in [0.2, 0.25) is 0 Å². The van der Waals surface area contributed by atoms with Crippen molar-refractivity contribution in [1.29, 1.82) is 0 Å². The molecule has 2 fully saturated rings. The zero-order valence-corrected chi connectivity index (χ0v) is 12.1. The summed E-state index contributed by atoms with van der Waals surface area (Å²) in [6, 6.07) is 4.61. The highest BCUT2D eigenvalue weighted by Gasteiger charge is 2.27. The number of amides is 1. The zero-order chi connectivity index (χ0) is 14.8. The number of carbonyl (C=O) groups excluding carboxylic acids is 1. The second kappa shape index (κ2) is 5.93. The van der Waals surface area contributed by atoms with Crippen LogP contribution >= 0.6 is 0 Å². The average Bonchev–Trinajstić information content (AvgIpc) is 3.29. The quantitative estimate of drug-likeness (QED) is 0.789. The number of aromatic hydroxyl groups is 2. The zero-order valence-electron chi connectivity index (χ0n) is 12.1. The summed E-state index contributed by atoms with van der Waals surface area (Å²) in [5.74, 6) is 0.521. The number of likely N-dealkylation sites (tertiary alicyclic amines) is 1. The van der Waals surface area contributed by atoms with Crippen LogP contribution in [0.25, 0.3) is 0 Å². The third-order valence-corrected chi connectivity index (χ3v) is 4.39. The van der Waals surface area contributed by atoms with Crippen molar-refractivity contribution in [3.63, 3.8) is 0 Å². The van der Waals surface area contributed by atoms with Gasteiger partial charge < -0.3 is 20.4 Å². The van der Waals surface area contributed by atoms with Crippen LogP contribution in [-0.2, 0) is 0 Å². The van der Waals surface area contributed by atoms with Crippen LogP contribution in [-0.4, -0.2) is 46.7 Å². The molecule has 3 N–H and O–H groups in total. The Kier molecular flexibility index (Phi) is 4.01. The molecule has 0 atom stereocenters. The maximum atomic E-state index is 12.4. The van der Waals surface area contributed by atoms with Gasteiger partial charge in [0.1, 0.15) is 11.5 Å². The molecule has 2 aliphatic rings. The number of hydrogen-bond acceptors (Lipinski definition) is 4. The SMILES string of the molecule is O=C(c1ccc(O)cc1O)N1CCC(NCC2CC2)CC1. The summed E-state index contributed by atoms with van der Waals surface area (Å²) in [5.41, 5.74) is 0.261. The van der Waals surface area contributed by atoms with Crippen LogP contribution in [0.1, 0.15) is 36.0 Å². The van der Waals surface area contributed by atoms with Crippen molar-refractivity contribution in [1.82, 2.24) is 10.2 Å². The highest BCUT2D eigenvalue weighted by atomic mass is 16.3. The Morgan fingerprint density at radius 3 is 2.52 bits per heavy atom. The van der Waals surface area contributed by atoms with E-state index in [1.807, 2.05) is 0 Å². The van der Waals surface area contributed by atoms with Crippen LogP contribution in [0.5, 0.6) is 11.5 Å². The van der Waals surface area contributed by atoms with Crippen LogP contribution < -0.4 is 5.32 Å². The summed E-state index contributed by atoms with van der Waals surface area (Å²) in [6.45, 7) is 2.53. The van der Waals surface area contributed by atoms with Crippen LogP contribution in [0.3, 0.4) is 0 Å². The van der Waals surface area contributed by atoms with E-state index in [-0.39, 0.29) is 23.0 Å². The monoisotopic (exact) mass is 290 g/mol. The summed E-state index contributed by atoms with van der Waals surface area (Å²) in [7, 11) is 0. The molecule has 5 nitrogen and oxygen atoms in total. The third-order valence-electron chi connectivity index (χ3n) is 4.39. The first-order chi connectivity index (χ1) is 10.1. The van der Waals surface area contributed by atoms with Crippen molar-refractivity contribution >= 4 is 5.91 Å². The lowest BCUT2D eigenvalue weighted by Gasteiger charge is -2.32. The molecule has 1 aromatic carbocycles. The summed E-state index contributed by atoms with van der Waals surface area (Å²) >= 11 is 0. The van der Waals surface area contributed by atoms with E-state index in [9.17, 15) is 15.0 Å². The lowest BCUT2D eigenvalue weighted by molar-refractivity contribution is 0.0702. The number of carbonyl (C=O) groups is 1. The van der Waals surface area contributed by atoms with Crippen LogP contribution in [0.4, 0.5) is 0 Å². The van der Waals surface area contributed by atoms with Crippen molar-refractivity contribution in [2.45, 2.75) is 31.7 Å². The minimum absolute atomic E-state index is 0.0352. The molecule has 0 bridgehead atoms. The van der Waals surface area contributed by atoms with Crippen LogP contribution in [0, 0.1) is 5.92 Å². The molecule has 0 unspecified atom stereocenters. The molecule has 0 radical (unpaired) electrons. The molecule has 1 aliphatic carbocycles. The molecule has 3 rings (SSSR count). The lowest BCUT2D eigenvalue weighted by Crippen LogP contribution is -2.45. The van der Waals surface area contributed by atoms with Gasteiger partial charge in [-0.05, 0) is 50.3 Å². The molecule has 0 aromatic heterocycles. The van der Waals surface area contributed by atoms with Crippen molar-refractivity contribution in [2.24, 2.45) is 5.92 Å². The molecule has 1 saturated heterocycles. The van der Waals surface area contributed by atoms with Gasteiger partial charge in [-0.3, -0.25) is 4.79 Å². The first-order valence-electron chi connectivity index (χ1n) is 7.68.